The van der Waals surface area contributed by atoms with Crippen LogP contribution >= 0.6 is 11.8 Å². The molecule has 190 valence electrons. The molecule has 1 heterocycles. The molecule has 1 fully saturated rings. The zero-order chi connectivity index (χ0) is 25.9. The maximum absolute atomic E-state index is 13.8. The number of carbonyl (C=O) groups excluding carboxylic acids is 2. The first-order valence-electron chi connectivity index (χ1n) is 13.2. The number of fused-ring (bicyclic) bond motifs is 1. The smallest absolute Gasteiger partial charge is 0.265 e. The number of amides is 2. The van der Waals surface area contributed by atoms with Gasteiger partial charge >= 0.3 is 0 Å². The van der Waals surface area contributed by atoms with Crippen molar-refractivity contribution >= 4 is 35.3 Å². The summed E-state index contributed by atoms with van der Waals surface area (Å²) >= 11 is 1.47. The zero-order valence-electron chi connectivity index (χ0n) is 21.7. The van der Waals surface area contributed by atoms with Crippen LogP contribution in [0.1, 0.15) is 60.2 Å². The van der Waals surface area contributed by atoms with Crippen LogP contribution in [0.15, 0.2) is 82.6 Å². The molecule has 2 aliphatic rings. The predicted molar refractivity (Wildman–Crippen MR) is 153 cm³/mol. The molecule has 0 bridgehead atoms. The van der Waals surface area contributed by atoms with Gasteiger partial charge in [0, 0.05) is 16.5 Å². The van der Waals surface area contributed by atoms with Gasteiger partial charge in [-0.1, -0.05) is 98.6 Å². The average Bonchev–Trinajstić information content (AvgIpc) is 2.89. The molecule has 5 rings (SSSR count). The summed E-state index contributed by atoms with van der Waals surface area (Å²) in [5.74, 6) is 0.953. The van der Waals surface area contributed by atoms with Gasteiger partial charge in [-0.2, -0.15) is 0 Å². The number of carbonyl (C=O) groups is 2. The Bertz CT molecular complexity index is 1330. The number of hydrogen-bond acceptors (Lipinski definition) is 3. The summed E-state index contributed by atoms with van der Waals surface area (Å²) in [5, 5.41) is 3.29. The largest absolute Gasteiger partial charge is 0.349 e. The molecule has 0 unspecified atom stereocenters. The molecular formula is C32H34N2O2S. The van der Waals surface area contributed by atoms with Crippen molar-refractivity contribution < 1.29 is 9.59 Å². The first-order valence-corrected chi connectivity index (χ1v) is 14.0. The van der Waals surface area contributed by atoms with Gasteiger partial charge in [0.25, 0.3) is 11.8 Å². The fourth-order valence-corrected chi connectivity index (χ4v) is 6.38. The van der Waals surface area contributed by atoms with E-state index in [9.17, 15) is 9.59 Å². The highest BCUT2D eigenvalue weighted by Gasteiger charge is 2.32. The number of benzene rings is 3. The second-order valence-corrected chi connectivity index (χ2v) is 11.5. The minimum Gasteiger partial charge on any atom is -0.349 e. The standard InChI is InChI=1S/C32H34N2O2S/c1-21-9-7-13-25(17-21)20-34-28-19-26(31(35)33-27-14-8-10-22(2)23(27)3)15-16-29(28)37-30(32(34)36)18-24-11-5-4-6-12-24/h4-7,9,11-13,15-19,22-23,27H,8,10,14,20H2,1-3H3,(H,33,35)/b30-18-/t22-,23+,27-/m1/s1. The Morgan fingerprint density at radius 3 is 2.62 bits per heavy atom. The van der Waals surface area contributed by atoms with Gasteiger partial charge in [-0.15, -0.1) is 0 Å². The normalized spacial score (nSPS) is 22.6. The summed E-state index contributed by atoms with van der Waals surface area (Å²) in [6, 6.07) is 24.1. The average molecular weight is 511 g/mol. The van der Waals surface area contributed by atoms with E-state index in [2.05, 4.69) is 38.2 Å². The van der Waals surface area contributed by atoms with Gasteiger partial charge in [0.15, 0.2) is 0 Å². The van der Waals surface area contributed by atoms with E-state index in [0.717, 1.165) is 40.1 Å². The summed E-state index contributed by atoms with van der Waals surface area (Å²) in [6.07, 6.45) is 5.33. The van der Waals surface area contributed by atoms with E-state index < -0.39 is 0 Å². The highest BCUT2D eigenvalue weighted by molar-refractivity contribution is 8.04. The van der Waals surface area contributed by atoms with Gasteiger partial charge in [-0.25, -0.2) is 0 Å². The first kappa shape index (κ1) is 25.3. The number of aryl methyl sites for hydroxylation is 1. The number of nitrogens with zero attached hydrogens (tertiary/aromatic N) is 1. The molecule has 0 aromatic heterocycles. The Balaban J connectivity index is 1.48. The van der Waals surface area contributed by atoms with Crippen LogP contribution in [0.25, 0.3) is 6.08 Å². The second-order valence-electron chi connectivity index (χ2n) is 10.4. The molecule has 1 saturated carbocycles. The van der Waals surface area contributed by atoms with Crippen molar-refractivity contribution in [1.29, 1.82) is 0 Å². The molecule has 0 radical (unpaired) electrons. The van der Waals surface area contributed by atoms with Gasteiger partial charge in [0.1, 0.15) is 0 Å². The molecule has 0 saturated heterocycles. The van der Waals surface area contributed by atoms with Gasteiger partial charge in [0.2, 0.25) is 0 Å². The van der Waals surface area contributed by atoms with E-state index in [4.69, 9.17) is 0 Å². The van der Waals surface area contributed by atoms with Crippen molar-refractivity contribution in [2.24, 2.45) is 11.8 Å². The molecule has 37 heavy (non-hydrogen) atoms. The van der Waals surface area contributed by atoms with Crippen LogP contribution in [0.5, 0.6) is 0 Å². The van der Waals surface area contributed by atoms with Crippen molar-refractivity contribution in [3.63, 3.8) is 0 Å². The fourth-order valence-electron chi connectivity index (χ4n) is 5.34. The molecule has 0 spiro atoms. The minimum absolute atomic E-state index is 0.0462. The van der Waals surface area contributed by atoms with Crippen LogP contribution in [0, 0.1) is 18.8 Å². The monoisotopic (exact) mass is 510 g/mol. The van der Waals surface area contributed by atoms with E-state index in [0.29, 0.717) is 28.8 Å². The minimum atomic E-state index is -0.0627. The van der Waals surface area contributed by atoms with Gasteiger partial charge in [0.05, 0.1) is 17.1 Å². The Labute approximate surface area is 224 Å². The van der Waals surface area contributed by atoms with Crippen molar-refractivity contribution in [2.45, 2.75) is 57.5 Å². The molecule has 3 aromatic rings. The quantitative estimate of drug-likeness (QED) is 0.368. The van der Waals surface area contributed by atoms with Gasteiger partial charge < -0.3 is 10.2 Å². The summed E-state index contributed by atoms with van der Waals surface area (Å²) in [7, 11) is 0. The third kappa shape index (κ3) is 5.67. The summed E-state index contributed by atoms with van der Waals surface area (Å²) in [5.41, 5.74) is 4.59. The lowest BCUT2D eigenvalue weighted by molar-refractivity contribution is -0.114. The lowest BCUT2D eigenvalue weighted by Crippen LogP contribution is -2.43. The topological polar surface area (TPSA) is 49.4 Å². The Morgan fingerprint density at radius 2 is 1.84 bits per heavy atom. The maximum atomic E-state index is 13.8. The van der Waals surface area contributed by atoms with Crippen LogP contribution in [0.2, 0.25) is 0 Å². The molecule has 1 aliphatic carbocycles. The van der Waals surface area contributed by atoms with Crippen LogP contribution in [-0.2, 0) is 11.3 Å². The molecule has 5 heteroatoms. The number of thioether (sulfide) groups is 1. The lowest BCUT2D eigenvalue weighted by Gasteiger charge is -2.35. The maximum Gasteiger partial charge on any atom is 0.265 e. The molecular weight excluding hydrogens is 476 g/mol. The number of anilines is 1. The number of rotatable bonds is 5. The lowest BCUT2D eigenvalue weighted by atomic mass is 9.78. The first-order chi connectivity index (χ1) is 17.9. The molecule has 1 aliphatic heterocycles. The zero-order valence-corrected chi connectivity index (χ0v) is 22.6. The molecule has 3 atom stereocenters. The van der Waals surface area contributed by atoms with Crippen molar-refractivity contribution in [1.82, 2.24) is 5.32 Å². The Hall–Kier alpha value is -3.31. The van der Waals surface area contributed by atoms with Crippen LogP contribution in [-0.4, -0.2) is 17.9 Å². The molecule has 4 nitrogen and oxygen atoms in total. The van der Waals surface area contributed by atoms with Crippen molar-refractivity contribution in [2.75, 3.05) is 4.90 Å². The summed E-state index contributed by atoms with van der Waals surface area (Å²) in [6.45, 7) is 7.01. The molecule has 2 amide bonds. The fraction of sp³-hybridized carbons (Fsp3) is 0.312. The highest BCUT2D eigenvalue weighted by atomic mass is 32.2. The predicted octanol–water partition coefficient (Wildman–Crippen LogP) is 7.23. The SMILES string of the molecule is Cc1cccc(CN2C(=O)/C(=C/c3ccccc3)Sc3ccc(C(=O)N[C@@H]4CCC[C@@H](C)[C@@H]4C)cc32)c1. The van der Waals surface area contributed by atoms with Crippen molar-refractivity contribution in [3.05, 3.63) is 100.0 Å². The van der Waals surface area contributed by atoms with E-state index in [1.165, 1.54) is 18.2 Å². The molecule has 3 aromatic carbocycles. The highest BCUT2D eigenvalue weighted by Crippen LogP contribution is 2.43. The molecule has 1 N–H and O–H groups in total. The number of nitrogens with one attached hydrogen (secondary N) is 1. The second kappa shape index (κ2) is 11.0. The number of hydrogen-bond donors (Lipinski definition) is 1. The Kier molecular flexibility index (Phi) is 7.52. The van der Waals surface area contributed by atoms with Crippen molar-refractivity contribution in [3.8, 4) is 0 Å². The third-order valence-corrected chi connectivity index (χ3v) is 8.81. The summed E-state index contributed by atoms with van der Waals surface area (Å²) < 4.78 is 0. The van der Waals surface area contributed by atoms with Gasteiger partial charge in [-0.05, 0) is 60.6 Å². The van der Waals surface area contributed by atoms with Crippen LogP contribution in [0.3, 0.4) is 0 Å². The van der Waals surface area contributed by atoms with E-state index >= 15 is 0 Å². The van der Waals surface area contributed by atoms with Crippen LogP contribution < -0.4 is 10.2 Å². The van der Waals surface area contributed by atoms with Gasteiger partial charge in [-0.3, -0.25) is 9.59 Å². The Morgan fingerprint density at radius 1 is 1.03 bits per heavy atom. The summed E-state index contributed by atoms with van der Waals surface area (Å²) in [4.78, 5) is 30.6. The van der Waals surface area contributed by atoms with E-state index in [-0.39, 0.29) is 17.9 Å². The van der Waals surface area contributed by atoms with E-state index in [1.54, 1.807) is 0 Å². The van der Waals surface area contributed by atoms with E-state index in [1.807, 2.05) is 71.6 Å². The third-order valence-electron chi connectivity index (χ3n) is 7.73. The van der Waals surface area contributed by atoms with Crippen LogP contribution in [0.4, 0.5) is 5.69 Å².